The van der Waals surface area contributed by atoms with Crippen LogP contribution in [-0.4, -0.2) is 39.4 Å². The number of methoxy groups -OCH3 is 2. The number of carbonyl (C=O) groups is 2. The van der Waals surface area contributed by atoms with Gasteiger partial charge in [-0.3, -0.25) is 9.59 Å². The Bertz CT molecular complexity index is 964. The molecule has 0 N–H and O–H groups in total. The normalized spacial score (nSPS) is 16.7. The molecule has 146 valence electrons. The van der Waals surface area contributed by atoms with E-state index in [2.05, 4.69) is 0 Å². The van der Waals surface area contributed by atoms with Crippen LogP contribution in [0.3, 0.4) is 0 Å². The lowest BCUT2D eigenvalue weighted by Gasteiger charge is -2.20. The van der Waals surface area contributed by atoms with Crippen LogP contribution in [0.25, 0.3) is 0 Å². The molecule has 2 aromatic rings. The van der Waals surface area contributed by atoms with Crippen LogP contribution in [0.15, 0.2) is 24.3 Å². The molecule has 4 rings (SSSR count). The van der Waals surface area contributed by atoms with Crippen LogP contribution in [0.2, 0.25) is 0 Å². The van der Waals surface area contributed by atoms with Gasteiger partial charge in [0.15, 0.2) is 28.8 Å². The van der Waals surface area contributed by atoms with Gasteiger partial charge >= 0.3 is 5.97 Å². The third kappa shape index (κ3) is 2.83. The van der Waals surface area contributed by atoms with Crippen molar-refractivity contribution in [3.63, 3.8) is 0 Å². The number of ether oxygens (including phenoxy) is 5. The molecular weight excluding hydrogens is 364 g/mol. The minimum absolute atomic E-state index is 0.0814. The fraction of sp³-hybridized carbons (Fsp3) is 0.333. The Morgan fingerprint density at radius 2 is 1.71 bits per heavy atom. The Morgan fingerprint density at radius 1 is 1.04 bits per heavy atom. The number of fused-ring (bicyclic) bond motifs is 3. The largest absolute Gasteiger partial charge is 0.493 e. The molecule has 7 heteroatoms. The van der Waals surface area contributed by atoms with Gasteiger partial charge in [-0.05, 0) is 47.9 Å². The molecule has 0 aromatic heterocycles. The predicted molar refractivity (Wildman–Crippen MR) is 98.6 cm³/mol. The average molecular weight is 384 g/mol. The van der Waals surface area contributed by atoms with Crippen LogP contribution in [0, 0.1) is 0 Å². The van der Waals surface area contributed by atoms with Crippen molar-refractivity contribution in [3.8, 4) is 23.0 Å². The van der Waals surface area contributed by atoms with Crippen molar-refractivity contribution in [2.24, 2.45) is 0 Å². The van der Waals surface area contributed by atoms with Crippen LogP contribution in [0.5, 0.6) is 23.0 Å². The van der Waals surface area contributed by atoms with Gasteiger partial charge in [0.1, 0.15) is 5.92 Å². The molecule has 0 unspecified atom stereocenters. The summed E-state index contributed by atoms with van der Waals surface area (Å²) in [6, 6.07) is 6.82. The summed E-state index contributed by atoms with van der Waals surface area (Å²) in [5.41, 5.74) is 2.32. The minimum atomic E-state index is -0.786. The summed E-state index contributed by atoms with van der Waals surface area (Å²) in [5.74, 6) is 0.634. The molecule has 2 aromatic carbocycles. The van der Waals surface area contributed by atoms with Gasteiger partial charge < -0.3 is 23.7 Å². The molecular formula is C21H20O7. The van der Waals surface area contributed by atoms with Crippen LogP contribution in [-0.2, 0) is 16.0 Å². The molecule has 0 spiro atoms. The maximum Gasteiger partial charge on any atom is 0.317 e. The van der Waals surface area contributed by atoms with Crippen molar-refractivity contribution in [2.45, 2.75) is 19.3 Å². The van der Waals surface area contributed by atoms with Crippen LogP contribution in [0.1, 0.15) is 39.9 Å². The van der Waals surface area contributed by atoms with Crippen LogP contribution in [0.4, 0.5) is 0 Å². The molecule has 28 heavy (non-hydrogen) atoms. The van der Waals surface area contributed by atoms with Crippen molar-refractivity contribution in [3.05, 3.63) is 46.5 Å². The summed E-state index contributed by atoms with van der Waals surface area (Å²) >= 11 is 0. The standard InChI is InChI=1S/C21H20O7/c1-4-26-21(23)20-12-7-17(25-3)16(24-2)6-11(12)5-15(22)13-8-18-19(9-14(13)20)28-10-27-18/h6-9,20H,4-5,10H2,1-3H3/t20-/m1/s1. The highest BCUT2D eigenvalue weighted by Crippen LogP contribution is 2.44. The van der Waals surface area contributed by atoms with Gasteiger partial charge in [0.2, 0.25) is 6.79 Å². The highest BCUT2D eigenvalue weighted by atomic mass is 16.7. The lowest BCUT2D eigenvalue weighted by atomic mass is 9.87. The quantitative estimate of drug-likeness (QED) is 0.750. The Morgan fingerprint density at radius 3 is 2.39 bits per heavy atom. The first-order chi connectivity index (χ1) is 13.6. The van der Waals surface area contributed by atoms with Crippen molar-refractivity contribution in [1.82, 2.24) is 0 Å². The SMILES string of the molecule is CCOC(=O)[C@@H]1c2cc(OC)c(OC)cc2CC(=O)c2cc3c(cc21)OCO3. The van der Waals surface area contributed by atoms with Gasteiger partial charge in [0.25, 0.3) is 0 Å². The number of ketones is 1. The molecule has 1 aliphatic carbocycles. The maximum absolute atomic E-state index is 13.0. The Balaban J connectivity index is 1.97. The van der Waals surface area contributed by atoms with Gasteiger partial charge in [-0.1, -0.05) is 0 Å². The maximum atomic E-state index is 13.0. The van der Waals surface area contributed by atoms with Crippen LogP contribution < -0.4 is 18.9 Å². The van der Waals surface area contributed by atoms with E-state index in [9.17, 15) is 9.59 Å². The smallest absolute Gasteiger partial charge is 0.317 e. The molecule has 1 aliphatic heterocycles. The predicted octanol–water partition coefficient (Wildman–Crippen LogP) is 2.87. The summed E-state index contributed by atoms with van der Waals surface area (Å²) in [7, 11) is 3.05. The number of carbonyl (C=O) groups excluding carboxylic acids is 2. The number of benzene rings is 2. The molecule has 0 saturated carbocycles. The van der Waals surface area contributed by atoms with Gasteiger partial charge in [-0.15, -0.1) is 0 Å². The van der Waals surface area contributed by atoms with Gasteiger partial charge in [0.05, 0.1) is 20.8 Å². The third-order valence-corrected chi connectivity index (χ3v) is 4.99. The fourth-order valence-corrected chi connectivity index (χ4v) is 3.71. The summed E-state index contributed by atoms with van der Waals surface area (Å²) in [4.78, 5) is 26.0. The van der Waals surface area contributed by atoms with E-state index in [1.54, 1.807) is 31.2 Å². The number of hydrogen-bond acceptors (Lipinski definition) is 7. The van der Waals surface area contributed by atoms with E-state index in [-0.39, 0.29) is 25.6 Å². The lowest BCUT2D eigenvalue weighted by molar-refractivity contribution is -0.143. The molecule has 0 fully saturated rings. The number of Topliss-reactive ketones (excluding diaryl/α,β-unsaturated/α-hetero) is 1. The van der Waals surface area contributed by atoms with Gasteiger partial charge in [-0.2, -0.15) is 0 Å². The number of esters is 1. The van der Waals surface area contributed by atoms with Crippen LogP contribution >= 0.6 is 0 Å². The second kappa shape index (κ2) is 7.07. The highest BCUT2D eigenvalue weighted by molar-refractivity contribution is 6.03. The Hall–Kier alpha value is -3.22. The molecule has 0 bridgehead atoms. The first kappa shape index (κ1) is 18.2. The van der Waals surface area contributed by atoms with Crippen molar-refractivity contribution < 1.29 is 33.3 Å². The Labute approximate surface area is 162 Å². The lowest BCUT2D eigenvalue weighted by Crippen LogP contribution is -2.19. The van der Waals surface area contributed by atoms with E-state index in [0.29, 0.717) is 45.3 Å². The number of hydrogen-bond donors (Lipinski definition) is 0. The van der Waals surface area contributed by atoms with E-state index in [1.165, 1.54) is 14.2 Å². The summed E-state index contributed by atoms with van der Waals surface area (Å²) in [6.45, 7) is 2.06. The first-order valence-electron chi connectivity index (χ1n) is 8.95. The minimum Gasteiger partial charge on any atom is -0.493 e. The molecule has 2 aliphatic rings. The summed E-state index contributed by atoms with van der Waals surface area (Å²) in [5, 5.41) is 0. The van der Waals surface area contributed by atoms with E-state index < -0.39 is 11.9 Å². The molecule has 0 radical (unpaired) electrons. The molecule has 0 saturated heterocycles. The second-order valence-corrected chi connectivity index (χ2v) is 6.48. The van der Waals surface area contributed by atoms with Gasteiger partial charge in [-0.25, -0.2) is 0 Å². The molecule has 0 amide bonds. The topological polar surface area (TPSA) is 80.3 Å². The van der Waals surface area contributed by atoms with Crippen molar-refractivity contribution >= 4 is 11.8 Å². The van der Waals surface area contributed by atoms with E-state index in [4.69, 9.17) is 23.7 Å². The zero-order valence-electron chi connectivity index (χ0n) is 15.9. The van der Waals surface area contributed by atoms with E-state index in [0.717, 1.165) is 0 Å². The third-order valence-electron chi connectivity index (χ3n) is 4.99. The van der Waals surface area contributed by atoms with Crippen molar-refractivity contribution in [1.29, 1.82) is 0 Å². The highest BCUT2D eigenvalue weighted by Gasteiger charge is 2.36. The van der Waals surface area contributed by atoms with E-state index >= 15 is 0 Å². The second-order valence-electron chi connectivity index (χ2n) is 6.48. The average Bonchev–Trinajstić information content (AvgIpc) is 3.11. The number of rotatable bonds is 4. The first-order valence-corrected chi connectivity index (χ1v) is 8.95. The zero-order valence-corrected chi connectivity index (χ0v) is 15.9. The molecule has 7 nitrogen and oxygen atoms in total. The summed E-state index contributed by atoms with van der Waals surface area (Å²) < 4.78 is 27.0. The zero-order chi connectivity index (χ0) is 19.8. The summed E-state index contributed by atoms with van der Waals surface area (Å²) in [6.07, 6.45) is 0.123. The molecule has 1 heterocycles. The molecule has 1 atom stereocenters. The van der Waals surface area contributed by atoms with Gasteiger partial charge in [0, 0.05) is 12.0 Å². The fourth-order valence-electron chi connectivity index (χ4n) is 3.71. The van der Waals surface area contributed by atoms with Crippen molar-refractivity contribution in [2.75, 3.05) is 27.6 Å². The Kier molecular flexibility index (Phi) is 4.58. The van der Waals surface area contributed by atoms with E-state index in [1.807, 2.05) is 0 Å². The monoisotopic (exact) mass is 384 g/mol.